The van der Waals surface area contributed by atoms with Crippen LogP contribution in [0.3, 0.4) is 0 Å². The first-order chi connectivity index (χ1) is 10.8. The Balaban J connectivity index is 6.80. The maximum absolute atomic E-state index is 13.1. The fourth-order valence-electron chi connectivity index (χ4n) is 1.07. The fraction of sp³-hybridized carbons (Fsp3) is 1.00. The molecule has 158 valence electrons. The van der Waals surface area contributed by atoms with Gasteiger partial charge in [-0.15, -0.1) is 0 Å². The molecule has 20 heteroatoms. The Kier molecular flexibility index (Phi) is 5.98. The highest BCUT2D eigenvalue weighted by molar-refractivity contribution is 8.14. The molecular formula is C6Cl2F12O4S2. The zero-order valence-corrected chi connectivity index (χ0v) is 13.9. The van der Waals surface area contributed by atoms with Crippen LogP contribution < -0.4 is 0 Å². The van der Waals surface area contributed by atoms with Crippen LogP contribution >= 0.6 is 21.4 Å². The molecule has 0 aliphatic rings. The second-order valence-electron chi connectivity index (χ2n) is 4.21. The molecule has 0 aliphatic carbocycles. The summed E-state index contributed by atoms with van der Waals surface area (Å²) in [5, 5.41) is -14.8. The minimum Gasteiger partial charge on any atom is -0.206 e. The van der Waals surface area contributed by atoms with Gasteiger partial charge < -0.3 is 0 Å². The summed E-state index contributed by atoms with van der Waals surface area (Å²) < 4.78 is 196. The second-order valence-corrected chi connectivity index (χ2v) is 9.42. The van der Waals surface area contributed by atoms with Gasteiger partial charge in [0.25, 0.3) is 0 Å². The molecule has 0 amide bonds. The molecule has 26 heavy (non-hydrogen) atoms. The number of alkyl halides is 12. The van der Waals surface area contributed by atoms with Gasteiger partial charge in [0, 0.05) is 21.4 Å². The molecule has 0 fully saturated rings. The van der Waals surface area contributed by atoms with Crippen molar-refractivity contribution < 1.29 is 69.5 Å². The van der Waals surface area contributed by atoms with Crippen molar-refractivity contribution in [1.82, 2.24) is 0 Å². The number of hydrogen-bond acceptors (Lipinski definition) is 4. The van der Waals surface area contributed by atoms with E-state index in [0.29, 0.717) is 0 Å². The average molecular weight is 499 g/mol. The maximum atomic E-state index is 13.1. The van der Waals surface area contributed by atoms with Crippen LogP contribution in [0.5, 0.6) is 0 Å². The molecule has 0 saturated heterocycles. The molecule has 0 aromatic carbocycles. The molecule has 0 heterocycles. The zero-order chi connectivity index (χ0) is 22.0. The van der Waals surface area contributed by atoms with E-state index < -0.39 is 52.3 Å². The van der Waals surface area contributed by atoms with E-state index in [0.717, 1.165) is 0 Å². The molecule has 0 unspecified atom stereocenters. The van der Waals surface area contributed by atoms with Gasteiger partial charge in [-0.3, -0.25) is 0 Å². The Morgan fingerprint density at radius 2 is 0.577 bits per heavy atom. The quantitative estimate of drug-likeness (QED) is 0.395. The van der Waals surface area contributed by atoms with Crippen LogP contribution in [0.2, 0.25) is 0 Å². The first-order valence-electron chi connectivity index (χ1n) is 4.90. The third-order valence-corrected chi connectivity index (χ3v) is 5.43. The van der Waals surface area contributed by atoms with Crippen LogP contribution in [0.15, 0.2) is 0 Å². The van der Waals surface area contributed by atoms with E-state index in [4.69, 9.17) is 0 Å². The lowest BCUT2D eigenvalue weighted by Crippen LogP contribution is -2.71. The van der Waals surface area contributed by atoms with Crippen LogP contribution in [-0.2, 0) is 18.1 Å². The Morgan fingerprint density at radius 3 is 0.692 bits per heavy atom. The molecular weight excluding hydrogens is 499 g/mol. The van der Waals surface area contributed by atoms with Crippen molar-refractivity contribution in [2.45, 2.75) is 34.2 Å². The Labute approximate surface area is 143 Å². The van der Waals surface area contributed by atoms with Gasteiger partial charge in [-0.25, -0.2) is 16.8 Å². The summed E-state index contributed by atoms with van der Waals surface area (Å²) in [6.07, 6.45) is 0. The second kappa shape index (κ2) is 6.07. The Hall–Kier alpha value is -0.360. The van der Waals surface area contributed by atoms with Crippen LogP contribution in [0.25, 0.3) is 0 Å². The van der Waals surface area contributed by atoms with E-state index in [-0.39, 0.29) is 0 Å². The van der Waals surface area contributed by atoms with Crippen molar-refractivity contribution in [3.8, 4) is 0 Å². The summed E-state index contributed by atoms with van der Waals surface area (Å²) in [6, 6.07) is 0. The minimum absolute atomic E-state index is 3.65. The van der Waals surface area contributed by atoms with Gasteiger partial charge in [-0.1, -0.05) is 0 Å². The Morgan fingerprint density at radius 1 is 0.423 bits per heavy atom. The lowest BCUT2D eigenvalue weighted by molar-refractivity contribution is -0.406. The maximum Gasteiger partial charge on any atom is 0.427 e. The van der Waals surface area contributed by atoms with Crippen LogP contribution in [0, 0.1) is 0 Å². The molecule has 0 bridgehead atoms. The smallest absolute Gasteiger partial charge is 0.206 e. The molecule has 4 nitrogen and oxygen atoms in total. The standard InChI is InChI=1S/C6Cl2F12O4S2/c7-25(21,22)5(17,18)3(13,14)1(9,10)2(11,12)4(15,16)6(19,20)26(8,23)24. The van der Waals surface area contributed by atoms with Crippen molar-refractivity contribution in [2.24, 2.45) is 0 Å². The van der Waals surface area contributed by atoms with Gasteiger partial charge in [-0.05, 0) is 0 Å². The molecule has 0 aromatic rings. The highest BCUT2D eigenvalue weighted by atomic mass is 35.7. The van der Waals surface area contributed by atoms with Gasteiger partial charge in [0.05, 0.1) is 0 Å². The zero-order valence-electron chi connectivity index (χ0n) is 10.7. The van der Waals surface area contributed by atoms with Gasteiger partial charge in [0.15, 0.2) is 0 Å². The van der Waals surface area contributed by atoms with Crippen molar-refractivity contribution in [1.29, 1.82) is 0 Å². The van der Waals surface area contributed by atoms with E-state index >= 15 is 0 Å². The molecule has 0 spiro atoms. The average Bonchev–Trinajstić information content (AvgIpc) is 2.34. The van der Waals surface area contributed by atoms with Crippen molar-refractivity contribution in [3.63, 3.8) is 0 Å². The van der Waals surface area contributed by atoms with E-state index in [2.05, 4.69) is 21.4 Å². The summed E-state index contributed by atoms with van der Waals surface area (Å²) in [5.74, 6) is -32.6. The van der Waals surface area contributed by atoms with Gasteiger partial charge in [-0.2, -0.15) is 52.7 Å². The number of rotatable bonds is 7. The monoisotopic (exact) mass is 498 g/mol. The molecule has 0 N–H and O–H groups in total. The van der Waals surface area contributed by atoms with E-state index in [1.807, 2.05) is 0 Å². The van der Waals surface area contributed by atoms with E-state index in [1.54, 1.807) is 0 Å². The lowest BCUT2D eigenvalue weighted by Gasteiger charge is -2.39. The number of halogens is 14. The third kappa shape index (κ3) is 3.09. The fourth-order valence-corrected chi connectivity index (χ4v) is 2.52. The van der Waals surface area contributed by atoms with E-state index in [9.17, 15) is 69.5 Å². The predicted octanol–water partition coefficient (Wildman–Crippen LogP) is 3.85. The highest BCUT2D eigenvalue weighted by Crippen LogP contribution is 2.62. The summed E-state index contributed by atoms with van der Waals surface area (Å²) >= 11 is 0. The SMILES string of the molecule is O=S(=O)(Cl)C(F)(F)C(F)(F)C(F)(F)C(F)(F)C(F)(F)C(F)(F)S(=O)(=O)Cl. The Bertz CT molecular complexity index is 708. The third-order valence-electron chi connectivity index (χ3n) is 2.53. The molecule has 0 aliphatic heterocycles. The van der Waals surface area contributed by atoms with Crippen molar-refractivity contribution in [2.75, 3.05) is 0 Å². The molecule has 0 radical (unpaired) electrons. The minimum atomic E-state index is -8.29. The summed E-state index contributed by atoms with van der Waals surface area (Å²) in [6.45, 7) is 0. The molecule has 0 rings (SSSR count). The first-order valence-corrected chi connectivity index (χ1v) is 9.52. The molecule has 0 aromatic heterocycles. The van der Waals surface area contributed by atoms with Crippen molar-refractivity contribution >= 4 is 39.5 Å². The molecule has 0 saturated carbocycles. The van der Waals surface area contributed by atoms with Gasteiger partial charge >= 0.3 is 52.3 Å². The lowest BCUT2D eigenvalue weighted by atomic mass is 9.98. The van der Waals surface area contributed by atoms with Crippen LogP contribution in [-0.4, -0.2) is 51.0 Å². The van der Waals surface area contributed by atoms with Gasteiger partial charge in [0.1, 0.15) is 0 Å². The largest absolute Gasteiger partial charge is 0.427 e. The van der Waals surface area contributed by atoms with Crippen molar-refractivity contribution in [3.05, 3.63) is 0 Å². The molecule has 0 atom stereocenters. The summed E-state index contributed by atoms with van der Waals surface area (Å²) in [7, 11) is -7.12. The summed E-state index contributed by atoms with van der Waals surface area (Å²) in [5.41, 5.74) is 0. The van der Waals surface area contributed by atoms with Gasteiger partial charge in [0.2, 0.25) is 0 Å². The van der Waals surface area contributed by atoms with Crippen LogP contribution in [0.4, 0.5) is 52.7 Å². The van der Waals surface area contributed by atoms with E-state index in [1.165, 1.54) is 0 Å². The number of hydrogen-bond donors (Lipinski definition) is 0. The topological polar surface area (TPSA) is 68.3 Å². The normalized spacial score (nSPS) is 16.7. The highest BCUT2D eigenvalue weighted by Gasteiger charge is 2.93. The predicted molar refractivity (Wildman–Crippen MR) is 59.2 cm³/mol. The summed E-state index contributed by atoms with van der Waals surface area (Å²) in [4.78, 5) is 0. The van der Waals surface area contributed by atoms with Crippen LogP contribution in [0.1, 0.15) is 0 Å². The first kappa shape index (κ1) is 25.6.